The van der Waals surface area contributed by atoms with Crippen molar-refractivity contribution in [3.05, 3.63) is 27.9 Å². The van der Waals surface area contributed by atoms with E-state index in [1.54, 1.807) is 0 Å². The first-order valence-electron chi connectivity index (χ1n) is 6.22. The van der Waals surface area contributed by atoms with E-state index in [0.29, 0.717) is 17.8 Å². The Morgan fingerprint density at radius 3 is 3.16 bits per heavy atom. The first-order valence-corrected chi connectivity index (χ1v) is 6.22. The van der Waals surface area contributed by atoms with E-state index in [1.807, 2.05) is 6.07 Å². The lowest BCUT2D eigenvalue weighted by atomic mass is 10.1. The highest BCUT2D eigenvalue weighted by Gasteiger charge is 2.39. The molecular weight excluding hydrogens is 246 g/mol. The van der Waals surface area contributed by atoms with Crippen LogP contribution in [0, 0.1) is 27.4 Å². The van der Waals surface area contributed by atoms with Gasteiger partial charge in [-0.05, 0) is 12.3 Å². The maximum atomic E-state index is 10.7. The number of fused-ring (bicyclic) bond motifs is 1. The number of pyridine rings is 1. The lowest BCUT2D eigenvalue weighted by Crippen LogP contribution is -2.35. The second-order valence-electron chi connectivity index (χ2n) is 4.90. The van der Waals surface area contributed by atoms with E-state index in [1.165, 1.54) is 12.3 Å². The van der Waals surface area contributed by atoms with E-state index in [9.17, 15) is 15.4 Å². The lowest BCUT2D eigenvalue weighted by Gasteiger charge is -2.25. The van der Waals surface area contributed by atoms with Crippen molar-refractivity contribution in [1.29, 1.82) is 5.26 Å². The maximum absolute atomic E-state index is 10.7. The summed E-state index contributed by atoms with van der Waals surface area (Å²) in [5, 5.41) is 23.2. The van der Waals surface area contributed by atoms with Crippen molar-refractivity contribution >= 4 is 11.5 Å². The van der Waals surface area contributed by atoms with Gasteiger partial charge in [0.15, 0.2) is 0 Å². The molecule has 3 rings (SSSR count). The van der Waals surface area contributed by atoms with Gasteiger partial charge in [0.1, 0.15) is 23.6 Å². The van der Waals surface area contributed by atoms with Gasteiger partial charge in [-0.25, -0.2) is 4.98 Å². The molecule has 2 aliphatic heterocycles. The van der Waals surface area contributed by atoms with Crippen molar-refractivity contribution in [3.8, 4) is 6.07 Å². The van der Waals surface area contributed by atoms with Crippen molar-refractivity contribution in [1.82, 2.24) is 10.3 Å². The highest BCUT2D eigenvalue weighted by Crippen LogP contribution is 2.33. The summed E-state index contributed by atoms with van der Waals surface area (Å²) in [5.41, 5.74) is 0.141. The van der Waals surface area contributed by atoms with E-state index >= 15 is 0 Å². The third kappa shape index (κ3) is 1.90. The fourth-order valence-electron chi connectivity index (χ4n) is 2.97. The molecule has 7 heteroatoms. The minimum atomic E-state index is -0.526. The van der Waals surface area contributed by atoms with Crippen LogP contribution in [0.25, 0.3) is 0 Å². The molecular formula is C12H13N5O2. The van der Waals surface area contributed by atoms with Crippen molar-refractivity contribution in [2.24, 2.45) is 5.92 Å². The normalized spacial score (nSPS) is 25.1. The predicted octanol–water partition coefficient (Wildman–Crippen LogP) is 0.660. The zero-order valence-corrected chi connectivity index (χ0v) is 10.2. The van der Waals surface area contributed by atoms with Gasteiger partial charge in [-0.15, -0.1) is 0 Å². The average Bonchev–Trinajstić information content (AvgIpc) is 3.00. The molecule has 0 saturated carbocycles. The molecule has 0 aliphatic carbocycles. The number of aromatic nitrogens is 1. The minimum absolute atomic E-state index is 0.138. The maximum Gasteiger partial charge on any atom is 0.289 e. The van der Waals surface area contributed by atoms with Gasteiger partial charge in [0.25, 0.3) is 5.69 Å². The summed E-state index contributed by atoms with van der Waals surface area (Å²) in [5.74, 6) is 1.16. The molecule has 0 radical (unpaired) electrons. The lowest BCUT2D eigenvalue weighted by molar-refractivity contribution is -0.385. The molecule has 0 aromatic carbocycles. The summed E-state index contributed by atoms with van der Waals surface area (Å²) in [6.07, 6.45) is 2.30. The van der Waals surface area contributed by atoms with Gasteiger partial charge >= 0.3 is 0 Å². The quantitative estimate of drug-likeness (QED) is 0.619. The van der Waals surface area contributed by atoms with E-state index in [2.05, 4.69) is 15.2 Å². The van der Waals surface area contributed by atoms with Crippen LogP contribution in [0.4, 0.5) is 11.5 Å². The number of hydrogen-bond donors (Lipinski definition) is 1. The number of anilines is 1. The van der Waals surface area contributed by atoms with Crippen molar-refractivity contribution in [3.63, 3.8) is 0 Å². The van der Waals surface area contributed by atoms with Crippen LogP contribution in [0.1, 0.15) is 12.0 Å². The third-order valence-electron chi connectivity index (χ3n) is 3.90. The Hall–Kier alpha value is -2.20. The first-order chi connectivity index (χ1) is 9.20. The molecule has 2 fully saturated rings. The molecule has 2 atom stereocenters. The monoisotopic (exact) mass is 259 g/mol. The zero-order chi connectivity index (χ0) is 13.4. The Kier molecular flexibility index (Phi) is 2.80. The molecule has 2 saturated heterocycles. The SMILES string of the molecule is N#Cc1cc([N+](=O)[O-])cnc1N1CC[C@H]2CNC[C@H]21. The molecule has 19 heavy (non-hydrogen) atoms. The number of nitrogens with zero attached hydrogens (tertiary/aromatic N) is 4. The molecule has 0 amide bonds. The van der Waals surface area contributed by atoms with Crippen LogP contribution in [0.2, 0.25) is 0 Å². The summed E-state index contributed by atoms with van der Waals surface area (Å²) in [4.78, 5) is 16.4. The van der Waals surface area contributed by atoms with Crippen LogP contribution in [-0.2, 0) is 0 Å². The van der Waals surface area contributed by atoms with Crippen LogP contribution in [-0.4, -0.2) is 35.6 Å². The summed E-state index contributed by atoms with van der Waals surface area (Å²) in [6, 6.07) is 3.67. The Morgan fingerprint density at radius 1 is 1.58 bits per heavy atom. The van der Waals surface area contributed by atoms with Crippen molar-refractivity contribution in [2.75, 3.05) is 24.5 Å². The number of nitriles is 1. The van der Waals surface area contributed by atoms with E-state index in [4.69, 9.17) is 0 Å². The molecule has 1 aromatic heterocycles. The van der Waals surface area contributed by atoms with Gasteiger partial charge in [-0.1, -0.05) is 0 Å². The molecule has 3 heterocycles. The Morgan fingerprint density at radius 2 is 2.42 bits per heavy atom. The van der Waals surface area contributed by atoms with Crippen molar-refractivity contribution in [2.45, 2.75) is 12.5 Å². The third-order valence-corrected chi connectivity index (χ3v) is 3.90. The van der Waals surface area contributed by atoms with E-state index in [0.717, 1.165) is 26.1 Å². The van der Waals surface area contributed by atoms with Crippen LogP contribution < -0.4 is 10.2 Å². The van der Waals surface area contributed by atoms with Crippen LogP contribution in [0.15, 0.2) is 12.3 Å². The molecule has 1 N–H and O–H groups in total. The van der Waals surface area contributed by atoms with Gasteiger partial charge < -0.3 is 10.2 Å². The van der Waals surface area contributed by atoms with Gasteiger partial charge in [-0.3, -0.25) is 10.1 Å². The minimum Gasteiger partial charge on any atom is -0.351 e. The first kappa shape index (κ1) is 11.9. The van der Waals surface area contributed by atoms with Gasteiger partial charge in [0.05, 0.1) is 4.92 Å². The van der Waals surface area contributed by atoms with Crippen molar-refractivity contribution < 1.29 is 4.92 Å². The number of nitro groups is 1. The van der Waals surface area contributed by atoms with E-state index in [-0.39, 0.29) is 11.3 Å². The predicted molar refractivity (Wildman–Crippen MR) is 67.7 cm³/mol. The summed E-state index contributed by atoms with van der Waals surface area (Å²) >= 11 is 0. The number of hydrogen-bond acceptors (Lipinski definition) is 6. The summed E-state index contributed by atoms with van der Waals surface area (Å²) in [6.45, 7) is 2.74. The Balaban J connectivity index is 1.97. The molecule has 0 unspecified atom stereocenters. The number of nitrogens with one attached hydrogen (secondary N) is 1. The van der Waals surface area contributed by atoms with Gasteiger partial charge in [-0.2, -0.15) is 5.26 Å². The van der Waals surface area contributed by atoms with Crippen LogP contribution >= 0.6 is 0 Å². The molecule has 0 spiro atoms. The topological polar surface area (TPSA) is 95.1 Å². The number of rotatable bonds is 2. The highest BCUT2D eigenvalue weighted by molar-refractivity contribution is 5.58. The van der Waals surface area contributed by atoms with Crippen LogP contribution in [0.3, 0.4) is 0 Å². The highest BCUT2D eigenvalue weighted by atomic mass is 16.6. The average molecular weight is 259 g/mol. The van der Waals surface area contributed by atoms with Gasteiger partial charge in [0, 0.05) is 31.7 Å². The fourth-order valence-corrected chi connectivity index (χ4v) is 2.97. The molecule has 1 aromatic rings. The van der Waals surface area contributed by atoms with Crippen LogP contribution in [0.5, 0.6) is 0 Å². The summed E-state index contributed by atoms with van der Waals surface area (Å²) in [7, 11) is 0. The largest absolute Gasteiger partial charge is 0.351 e. The second kappa shape index (κ2) is 4.48. The summed E-state index contributed by atoms with van der Waals surface area (Å²) < 4.78 is 0. The molecule has 0 bridgehead atoms. The molecule has 2 aliphatic rings. The standard InChI is InChI=1S/C12H13N5O2/c13-4-9-3-10(17(18)19)6-15-12(9)16-2-1-8-5-14-7-11(8)16/h3,6,8,11,14H,1-2,5,7H2/t8-,11+/m0/s1. The second-order valence-corrected chi connectivity index (χ2v) is 4.90. The van der Waals surface area contributed by atoms with E-state index < -0.39 is 4.92 Å². The Bertz CT molecular complexity index is 568. The van der Waals surface area contributed by atoms with Gasteiger partial charge in [0.2, 0.25) is 0 Å². The molecule has 98 valence electrons. The Labute approximate surface area is 110 Å². The zero-order valence-electron chi connectivity index (χ0n) is 10.2. The molecule has 7 nitrogen and oxygen atoms in total. The smallest absolute Gasteiger partial charge is 0.289 e. The fraction of sp³-hybridized carbons (Fsp3) is 0.500.